The number of piperidine rings is 1. The Morgan fingerprint density at radius 1 is 1.09 bits per heavy atom. The molecule has 2 amide bonds. The van der Waals surface area contributed by atoms with E-state index in [0.717, 1.165) is 24.9 Å². The molecule has 4 atom stereocenters. The number of hydrogen-bond acceptors (Lipinski definition) is 3. The van der Waals surface area contributed by atoms with Gasteiger partial charge in [0.25, 0.3) is 0 Å². The third-order valence-electron chi connectivity index (χ3n) is 6.31. The van der Waals surface area contributed by atoms with Crippen molar-refractivity contribution in [2.45, 2.75) is 57.7 Å². The van der Waals surface area contributed by atoms with E-state index in [1.807, 2.05) is 26.0 Å². The topological polar surface area (TPSA) is 64.6 Å². The Hall–Kier alpha value is -2.51. The highest BCUT2D eigenvalue weighted by Crippen LogP contribution is 2.32. The van der Waals surface area contributed by atoms with Crippen molar-refractivity contribution in [3.8, 4) is 0 Å². The number of nitrogens with zero attached hydrogens (tertiary/aromatic N) is 1. The minimum atomic E-state index is -0.737. The molecule has 3 N–H and O–H groups in total. The molecule has 0 aromatic heterocycles. The molecule has 0 spiro atoms. The van der Waals surface area contributed by atoms with Crippen LogP contribution in [0.3, 0.4) is 0 Å². The summed E-state index contributed by atoms with van der Waals surface area (Å²) in [5.74, 6) is -0.197. The van der Waals surface area contributed by atoms with E-state index in [0.29, 0.717) is 18.2 Å². The second kappa shape index (κ2) is 10.9. The number of rotatable bonds is 7. The Morgan fingerprint density at radius 3 is 2.25 bits per heavy atom. The number of amides is 2. The summed E-state index contributed by atoms with van der Waals surface area (Å²) in [7, 11) is 0. The van der Waals surface area contributed by atoms with Gasteiger partial charge in [0.05, 0.1) is 12.1 Å². The molecule has 1 fully saturated rings. The highest BCUT2D eigenvalue weighted by molar-refractivity contribution is 5.89. The lowest BCUT2D eigenvalue weighted by Crippen LogP contribution is -2.54. The average Bonchev–Trinajstić information content (AvgIpc) is 2.75. The first-order valence-electron chi connectivity index (χ1n) is 11.2. The normalized spacial score (nSPS) is 21.2. The van der Waals surface area contributed by atoms with Crippen molar-refractivity contribution in [2.24, 2.45) is 5.92 Å². The van der Waals surface area contributed by atoms with Crippen LogP contribution in [0, 0.1) is 17.6 Å². The number of likely N-dealkylation sites (tertiary alicyclic amines) is 1. The lowest BCUT2D eigenvalue weighted by molar-refractivity contribution is 0.0387. The summed E-state index contributed by atoms with van der Waals surface area (Å²) < 4.78 is 26.3. The number of urea groups is 1. The molecule has 2 aromatic rings. The zero-order valence-corrected chi connectivity index (χ0v) is 18.9. The number of halogens is 2. The Labute approximate surface area is 188 Å². The van der Waals surface area contributed by atoms with E-state index >= 15 is 0 Å². The van der Waals surface area contributed by atoms with Crippen molar-refractivity contribution >= 4 is 11.7 Å². The van der Waals surface area contributed by atoms with Crippen LogP contribution in [0.25, 0.3) is 0 Å². The smallest absolute Gasteiger partial charge is 0.319 e. The molecule has 1 heterocycles. The van der Waals surface area contributed by atoms with Crippen LogP contribution in [0.1, 0.15) is 45.1 Å². The summed E-state index contributed by atoms with van der Waals surface area (Å²) in [5, 5.41) is 16.5. The lowest BCUT2D eigenvalue weighted by atomic mass is 9.85. The van der Waals surface area contributed by atoms with Crippen molar-refractivity contribution in [3.63, 3.8) is 0 Å². The summed E-state index contributed by atoms with van der Waals surface area (Å²) in [4.78, 5) is 14.7. The lowest BCUT2D eigenvalue weighted by Gasteiger charge is -2.40. The van der Waals surface area contributed by atoms with Crippen LogP contribution in [-0.4, -0.2) is 47.3 Å². The van der Waals surface area contributed by atoms with Gasteiger partial charge in [-0.3, -0.25) is 4.90 Å². The maximum Gasteiger partial charge on any atom is 0.319 e. The van der Waals surface area contributed by atoms with Gasteiger partial charge in [-0.05, 0) is 80.1 Å². The molecule has 0 bridgehead atoms. The molecule has 174 valence electrons. The van der Waals surface area contributed by atoms with Crippen LogP contribution in [-0.2, 0) is 0 Å². The summed E-state index contributed by atoms with van der Waals surface area (Å²) in [6, 6.07) is 11.7. The number of aliphatic hydroxyl groups excluding tert-OH is 1. The molecule has 0 saturated carbocycles. The highest BCUT2D eigenvalue weighted by Gasteiger charge is 2.31. The Balaban J connectivity index is 1.54. The van der Waals surface area contributed by atoms with Crippen LogP contribution in [0.4, 0.5) is 19.3 Å². The predicted molar refractivity (Wildman–Crippen MR) is 123 cm³/mol. The molecule has 1 saturated heterocycles. The van der Waals surface area contributed by atoms with Crippen molar-refractivity contribution in [3.05, 3.63) is 65.7 Å². The van der Waals surface area contributed by atoms with Crippen LogP contribution < -0.4 is 10.6 Å². The van der Waals surface area contributed by atoms with Crippen molar-refractivity contribution in [1.82, 2.24) is 10.2 Å². The van der Waals surface area contributed by atoms with Crippen molar-refractivity contribution in [2.75, 3.05) is 18.4 Å². The van der Waals surface area contributed by atoms with Gasteiger partial charge in [0.15, 0.2) is 0 Å². The number of nitrogens with one attached hydrogen (secondary N) is 2. The monoisotopic (exact) mass is 445 g/mol. The Morgan fingerprint density at radius 2 is 1.69 bits per heavy atom. The predicted octanol–water partition coefficient (Wildman–Crippen LogP) is 4.74. The van der Waals surface area contributed by atoms with E-state index < -0.39 is 18.2 Å². The minimum absolute atomic E-state index is 0.0241. The molecule has 2 aromatic carbocycles. The van der Waals surface area contributed by atoms with E-state index in [2.05, 4.69) is 22.5 Å². The van der Waals surface area contributed by atoms with E-state index in [9.17, 15) is 18.7 Å². The van der Waals surface area contributed by atoms with Gasteiger partial charge in [-0.15, -0.1) is 0 Å². The summed E-state index contributed by atoms with van der Waals surface area (Å²) in [6.45, 7) is 7.33. The molecule has 5 nitrogen and oxygen atoms in total. The minimum Gasteiger partial charge on any atom is -0.390 e. The summed E-state index contributed by atoms with van der Waals surface area (Å²) >= 11 is 0. The van der Waals surface area contributed by atoms with Gasteiger partial charge in [0.1, 0.15) is 11.6 Å². The fourth-order valence-electron chi connectivity index (χ4n) is 4.44. The third-order valence-corrected chi connectivity index (χ3v) is 6.31. The fraction of sp³-hybridized carbons (Fsp3) is 0.480. The Bertz CT molecular complexity index is 874. The number of carbonyl (C=O) groups excluding carboxylic acids is 1. The van der Waals surface area contributed by atoms with Crippen LogP contribution in [0.15, 0.2) is 48.5 Å². The number of β-amino-alcohol motifs (C(OH)–C–C–N with tert-alkyl or cyclic N) is 1. The second-order valence-electron chi connectivity index (χ2n) is 9.06. The molecular formula is C25H33F2N3O2. The van der Waals surface area contributed by atoms with E-state index in [4.69, 9.17) is 0 Å². The molecule has 0 aliphatic carbocycles. The van der Waals surface area contributed by atoms with E-state index in [-0.39, 0.29) is 23.6 Å². The third kappa shape index (κ3) is 6.50. The van der Waals surface area contributed by atoms with E-state index in [1.165, 1.54) is 36.4 Å². The van der Waals surface area contributed by atoms with Crippen LogP contribution >= 0.6 is 0 Å². The van der Waals surface area contributed by atoms with Gasteiger partial charge in [0, 0.05) is 18.3 Å². The van der Waals surface area contributed by atoms with Gasteiger partial charge in [0.2, 0.25) is 0 Å². The summed E-state index contributed by atoms with van der Waals surface area (Å²) in [5.41, 5.74) is 1.63. The van der Waals surface area contributed by atoms with Gasteiger partial charge >= 0.3 is 6.03 Å². The van der Waals surface area contributed by atoms with Crippen molar-refractivity contribution in [1.29, 1.82) is 0 Å². The largest absolute Gasteiger partial charge is 0.390 e. The molecule has 1 aliphatic heterocycles. The molecule has 2 unspecified atom stereocenters. The van der Waals surface area contributed by atoms with Gasteiger partial charge in [-0.25, -0.2) is 13.6 Å². The van der Waals surface area contributed by atoms with E-state index in [1.54, 1.807) is 0 Å². The number of aliphatic hydroxyl groups is 1. The van der Waals surface area contributed by atoms with Crippen LogP contribution in [0.5, 0.6) is 0 Å². The Kier molecular flexibility index (Phi) is 8.21. The molecule has 0 radical (unpaired) electrons. The SMILES string of the molecule is CC(C)[C@@H](NC(=O)Nc1ccc(F)cc1)[C@H](O)CN1CCC(c2ccc(F)cc2)CC1C. The molecule has 3 rings (SSSR count). The molecule has 32 heavy (non-hydrogen) atoms. The van der Waals surface area contributed by atoms with Gasteiger partial charge in [-0.2, -0.15) is 0 Å². The highest BCUT2D eigenvalue weighted by atomic mass is 19.1. The quantitative estimate of drug-likeness (QED) is 0.577. The molecule has 7 heteroatoms. The zero-order valence-electron chi connectivity index (χ0n) is 18.9. The van der Waals surface area contributed by atoms with Crippen molar-refractivity contribution < 1.29 is 18.7 Å². The maximum atomic E-state index is 13.2. The second-order valence-corrected chi connectivity index (χ2v) is 9.06. The maximum absolute atomic E-state index is 13.2. The molecular weight excluding hydrogens is 412 g/mol. The number of benzene rings is 2. The number of carbonyl (C=O) groups is 1. The first-order valence-corrected chi connectivity index (χ1v) is 11.2. The number of hydrogen-bond donors (Lipinski definition) is 3. The van der Waals surface area contributed by atoms with Gasteiger partial charge in [-0.1, -0.05) is 26.0 Å². The van der Waals surface area contributed by atoms with Crippen LogP contribution in [0.2, 0.25) is 0 Å². The standard InChI is InChI=1S/C25H33F2N3O2/c1-16(2)24(29-25(32)28-22-10-8-21(27)9-11-22)23(31)15-30-13-12-19(14-17(30)3)18-4-6-20(26)7-5-18/h4-11,16-17,19,23-24,31H,12-15H2,1-3H3,(H2,28,29,32)/t17?,19?,23-,24-/m1/s1. The first-order chi connectivity index (χ1) is 15.2. The zero-order chi connectivity index (χ0) is 23.3. The fourth-order valence-corrected chi connectivity index (χ4v) is 4.44. The average molecular weight is 446 g/mol. The number of anilines is 1. The first kappa shape index (κ1) is 24.1. The molecule has 1 aliphatic rings. The van der Waals surface area contributed by atoms with Gasteiger partial charge < -0.3 is 15.7 Å². The summed E-state index contributed by atoms with van der Waals surface area (Å²) in [6.07, 6.45) is 1.13.